The normalized spacial score (nSPS) is 18.8. The molecule has 7 nitrogen and oxygen atoms in total. The fourth-order valence-corrected chi connectivity index (χ4v) is 2.21. The highest BCUT2D eigenvalue weighted by Crippen LogP contribution is 2.30. The van der Waals surface area contributed by atoms with Crippen molar-refractivity contribution in [1.82, 2.24) is 19.5 Å². The van der Waals surface area contributed by atoms with Crippen molar-refractivity contribution >= 4 is 17.1 Å². The summed E-state index contributed by atoms with van der Waals surface area (Å²) in [5.41, 5.74) is 6.68. The first kappa shape index (κ1) is 10.5. The first-order chi connectivity index (χ1) is 8.69. The number of nitrogens with zero attached hydrogens (tertiary/aromatic N) is 4. The van der Waals surface area contributed by atoms with Gasteiger partial charge in [0.15, 0.2) is 11.2 Å². The summed E-state index contributed by atoms with van der Waals surface area (Å²) in [5, 5.41) is 8.85. The number of rotatable bonds is 1. The third kappa shape index (κ3) is 1.47. The van der Waals surface area contributed by atoms with Crippen LogP contribution >= 0.6 is 0 Å². The van der Waals surface area contributed by atoms with Gasteiger partial charge in [-0.05, 0) is 6.42 Å². The van der Waals surface area contributed by atoms with Crippen molar-refractivity contribution in [3.63, 3.8) is 0 Å². The molecular formula is C11H10N6O. The molecule has 0 amide bonds. The highest BCUT2D eigenvalue weighted by atomic mass is 16.1. The molecule has 0 saturated carbocycles. The molecule has 7 heteroatoms. The largest absolute Gasteiger partial charge is 0.369 e. The molecule has 1 aliphatic carbocycles. The summed E-state index contributed by atoms with van der Waals surface area (Å²) in [7, 11) is 0. The van der Waals surface area contributed by atoms with E-state index in [2.05, 4.69) is 21.0 Å². The number of hydrogen-bond acceptors (Lipinski definition) is 5. The van der Waals surface area contributed by atoms with E-state index in [1.54, 1.807) is 6.33 Å². The van der Waals surface area contributed by atoms with Gasteiger partial charge in [-0.3, -0.25) is 9.78 Å². The van der Waals surface area contributed by atoms with Gasteiger partial charge in [0.2, 0.25) is 5.95 Å². The van der Waals surface area contributed by atoms with Crippen LogP contribution in [0, 0.1) is 11.3 Å². The summed E-state index contributed by atoms with van der Waals surface area (Å²) < 4.78 is 1.81. The van der Waals surface area contributed by atoms with E-state index in [-0.39, 0.29) is 23.1 Å². The molecule has 0 spiro atoms. The zero-order valence-electron chi connectivity index (χ0n) is 9.42. The number of anilines is 1. The minimum Gasteiger partial charge on any atom is -0.369 e. The van der Waals surface area contributed by atoms with Gasteiger partial charge in [0.1, 0.15) is 0 Å². The molecular weight excluding hydrogens is 232 g/mol. The topological polar surface area (TPSA) is 113 Å². The number of nitrogens with one attached hydrogen (secondary N) is 1. The average Bonchev–Trinajstić information content (AvgIpc) is 2.93. The highest BCUT2D eigenvalue weighted by molar-refractivity contribution is 5.70. The lowest BCUT2D eigenvalue weighted by Gasteiger charge is -2.11. The van der Waals surface area contributed by atoms with Gasteiger partial charge in [-0.15, -0.1) is 0 Å². The predicted molar refractivity (Wildman–Crippen MR) is 64.5 cm³/mol. The summed E-state index contributed by atoms with van der Waals surface area (Å²) in [4.78, 5) is 22.2. The van der Waals surface area contributed by atoms with E-state index in [1.807, 2.05) is 10.6 Å². The van der Waals surface area contributed by atoms with Gasteiger partial charge in [-0.2, -0.15) is 10.2 Å². The smallest absolute Gasteiger partial charge is 0.280 e. The van der Waals surface area contributed by atoms with Gasteiger partial charge in [0.25, 0.3) is 5.56 Å². The molecule has 0 saturated heterocycles. The van der Waals surface area contributed by atoms with E-state index in [9.17, 15) is 4.79 Å². The molecule has 1 atom stereocenters. The molecule has 2 heterocycles. The molecule has 2 aromatic rings. The Balaban J connectivity index is 2.10. The van der Waals surface area contributed by atoms with Crippen LogP contribution < -0.4 is 11.3 Å². The molecule has 90 valence electrons. The Hall–Kier alpha value is -2.62. The first-order valence-corrected chi connectivity index (χ1v) is 5.50. The lowest BCUT2D eigenvalue weighted by molar-refractivity contribution is 0.543. The molecule has 3 N–H and O–H groups in total. The second-order valence-electron chi connectivity index (χ2n) is 4.21. The molecule has 18 heavy (non-hydrogen) atoms. The van der Waals surface area contributed by atoms with Gasteiger partial charge in [0, 0.05) is 18.0 Å². The van der Waals surface area contributed by atoms with E-state index in [0.717, 1.165) is 12.0 Å². The maximum Gasteiger partial charge on any atom is 0.280 e. The van der Waals surface area contributed by atoms with Crippen LogP contribution in [-0.2, 0) is 0 Å². The highest BCUT2D eigenvalue weighted by Gasteiger charge is 2.21. The third-order valence-corrected chi connectivity index (χ3v) is 3.08. The Kier molecular flexibility index (Phi) is 2.16. The maximum absolute atomic E-state index is 11.6. The SMILES string of the molecule is N#CC1=CCC(n2cnc3c(=O)[nH]c(N)nc32)C1. The van der Waals surface area contributed by atoms with Gasteiger partial charge >= 0.3 is 0 Å². The monoisotopic (exact) mass is 242 g/mol. The molecule has 3 rings (SSSR count). The lowest BCUT2D eigenvalue weighted by Crippen LogP contribution is -2.13. The Bertz CT molecular complexity index is 747. The van der Waals surface area contributed by atoms with Crippen molar-refractivity contribution in [1.29, 1.82) is 5.26 Å². The lowest BCUT2D eigenvalue weighted by atomic mass is 10.2. The number of nitrogen functional groups attached to an aromatic ring is 1. The maximum atomic E-state index is 11.6. The number of fused-ring (bicyclic) bond motifs is 1. The van der Waals surface area contributed by atoms with Crippen molar-refractivity contribution in [2.45, 2.75) is 18.9 Å². The van der Waals surface area contributed by atoms with Crippen molar-refractivity contribution in [3.05, 3.63) is 28.3 Å². The molecule has 1 unspecified atom stereocenters. The molecule has 0 radical (unpaired) electrons. The van der Waals surface area contributed by atoms with Crippen LogP contribution in [0.3, 0.4) is 0 Å². The number of aromatic amines is 1. The summed E-state index contributed by atoms with van der Waals surface area (Å²) in [6.45, 7) is 0. The van der Waals surface area contributed by atoms with Crippen molar-refractivity contribution in [2.24, 2.45) is 0 Å². The fourth-order valence-electron chi connectivity index (χ4n) is 2.21. The number of nitriles is 1. The van der Waals surface area contributed by atoms with Crippen LogP contribution in [0.25, 0.3) is 11.2 Å². The number of nitrogens with two attached hydrogens (primary N) is 1. The van der Waals surface area contributed by atoms with E-state index in [1.165, 1.54) is 0 Å². The number of aromatic nitrogens is 4. The number of allylic oxidation sites excluding steroid dienone is 2. The second kappa shape index (κ2) is 3.70. The van der Waals surface area contributed by atoms with Gasteiger partial charge in [0.05, 0.1) is 12.4 Å². The zero-order chi connectivity index (χ0) is 12.7. The van der Waals surface area contributed by atoms with Crippen LogP contribution in [-0.4, -0.2) is 19.5 Å². The first-order valence-electron chi connectivity index (χ1n) is 5.50. The van der Waals surface area contributed by atoms with Crippen LogP contribution in [0.2, 0.25) is 0 Å². The molecule has 0 aliphatic heterocycles. The molecule has 0 bridgehead atoms. The number of imidazole rings is 1. The minimum absolute atomic E-state index is 0.0701. The predicted octanol–water partition coefficient (Wildman–Crippen LogP) is 0.487. The standard InChI is InChI=1S/C11H10N6O/c12-4-6-1-2-7(3-6)17-5-14-8-9(17)15-11(13)16-10(8)18/h1,5,7H,2-3H2,(H3,13,15,16,18). The van der Waals surface area contributed by atoms with Crippen LogP contribution in [0.1, 0.15) is 18.9 Å². The second-order valence-corrected chi connectivity index (χ2v) is 4.21. The summed E-state index contributed by atoms with van der Waals surface area (Å²) in [6, 6.07) is 2.22. The van der Waals surface area contributed by atoms with Crippen molar-refractivity contribution in [3.8, 4) is 6.07 Å². The van der Waals surface area contributed by atoms with Crippen molar-refractivity contribution in [2.75, 3.05) is 5.73 Å². The van der Waals surface area contributed by atoms with E-state index in [0.29, 0.717) is 12.1 Å². The van der Waals surface area contributed by atoms with E-state index >= 15 is 0 Å². The molecule has 0 aromatic carbocycles. The quantitative estimate of drug-likeness (QED) is 0.755. The van der Waals surface area contributed by atoms with E-state index in [4.69, 9.17) is 11.0 Å². The average molecular weight is 242 g/mol. The Morgan fingerprint density at radius 3 is 3.17 bits per heavy atom. The van der Waals surface area contributed by atoms with Gasteiger partial charge in [-0.1, -0.05) is 6.08 Å². The van der Waals surface area contributed by atoms with Crippen LogP contribution in [0.4, 0.5) is 5.95 Å². The number of hydrogen-bond donors (Lipinski definition) is 2. The summed E-state index contributed by atoms with van der Waals surface area (Å²) in [5.74, 6) is 0.0701. The Morgan fingerprint density at radius 2 is 2.44 bits per heavy atom. The minimum atomic E-state index is -0.345. The molecule has 2 aromatic heterocycles. The third-order valence-electron chi connectivity index (χ3n) is 3.08. The number of H-pyrrole nitrogens is 1. The van der Waals surface area contributed by atoms with E-state index < -0.39 is 0 Å². The summed E-state index contributed by atoms with van der Waals surface area (Å²) >= 11 is 0. The van der Waals surface area contributed by atoms with Crippen LogP contribution in [0.5, 0.6) is 0 Å². The zero-order valence-corrected chi connectivity index (χ0v) is 9.42. The summed E-state index contributed by atoms with van der Waals surface area (Å²) in [6.07, 6.45) is 4.84. The Labute approximate surface area is 102 Å². The van der Waals surface area contributed by atoms with Gasteiger partial charge in [-0.25, -0.2) is 4.98 Å². The molecule has 1 aliphatic rings. The van der Waals surface area contributed by atoms with Crippen LogP contribution in [0.15, 0.2) is 22.8 Å². The fraction of sp³-hybridized carbons (Fsp3) is 0.273. The van der Waals surface area contributed by atoms with Gasteiger partial charge < -0.3 is 10.3 Å². The van der Waals surface area contributed by atoms with Crippen molar-refractivity contribution < 1.29 is 0 Å². The Morgan fingerprint density at radius 1 is 1.61 bits per heavy atom. The molecule has 0 fully saturated rings.